The van der Waals surface area contributed by atoms with E-state index in [2.05, 4.69) is 47.8 Å². The molecule has 0 fully saturated rings. The first-order valence-corrected chi connectivity index (χ1v) is 8.33. The van der Waals surface area contributed by atoms with Crippen LogP contribution in [-0.4, -0.2) is 19.5 Å². The fourth-order valence-electron chi connectivity index (χ4n) is 1.68. The molecule has 0 bridgehead atoms. The minimum atomic E-state index is -0.115. The number of carbonyl (C=O) groups is 1. The third-order valence-corrected chi connectivity index (χ3v) is 4.34. The molecule has 0 aliphatic carbocycles. The summed E-state index contributed by atoms with van der Waals surface area (Å²) in [5.41, 5.74) is 0.554. The first kappa shape index (κ1) is 16.5. The van der Waals surface area contributed by atoms with Crippen molar-refractivity contribution >= 4 is 53.6 Å². The van der Waals surface area contributed by atoms with Crippen LogP contribution in [0.5, 0.6) is 11.5 Å². The quantitative estimate of drug-likeness (QED) is 0.551. The summed E-state index contributed by atoms with van der Waals surface area (Å²) in [4.78, 5) is 12.2. The second-order valence-electron chi connectivity index (χ2n) is 4.14. The summed E-state index contributed by atoms with van der Waals surface area (Å²) in [5, 5.41) is 0. The molecule has 2 aromatic carbocycles. The monoisotopic (exact) mass is 476 g/mol. The molecule has 0 atom stereocenters. The predicted octanol–water partition coefficient (Wildman–Crippen LogP) is 5.24. The summed E-state index contributed by atoms with van der Waals surface area (Å²) < 4.78 is 13.2. The van der Waals surface area contributed by atoms with Gasteiger partial charge >= 0.3 is 0 Å². The zero-order chi connectivity index (χ0) is 15.4. The molecule has 0 heterocycles. The van der Waals surface area contributed by atoms with Gasteiger partial charge in [0.05, 0.1) is 16.1 Å². The predicted molar refractivity (Wildman–Crippen MR) is 92.4 cm³/mol. The van der Waals surface area contributed by atoms with Gasteiger partial charge in [0.25, 0.3) is 0 Å². The van der Waals surface area contributed by atoms with Crippen molar-refractivity contribution in [1.82, 2.24) is 0 Å². The fourth-order valence-corrected chi connectivity index (χ4v) is 4.17. The Balaban J connectivity index is 2.11. The van der Waals surface area contributed by atoms with Crippen molar-refractivity contribution in [3.63, 3.8) is 0 Å². The molecule has 0 spiro atoms. The fraction of sp³-hybridized carbons (Fsp3) is 0.133. The number of methoxy groups -OCH3 is 1. The highest BCUT2D eigenvalue weighted by Crippen LogP contribution is 2.36. The van der Waals surface area contributed by atoms with E-state index < -0.39 is 0 Å². The van der Waals surface area contributed by atoms with E-state index >= 15 is 0 Å². The van der Waals surface area contributed by atoms with Crippen molar-refractivity contribution in [1.29, 1.82) is 0 Å². The number of Topliss-reactive ketones (excluding diaryl/α,β-unsaturated/α-hetero) is 1. The van der Waals surface area contributed by atoms with E-state index in [9.17, 15) is 4.79 Å². The number of rotatable bonds is 5. The first-order valence-electron chi connectivity index (χ1n) is 5.96. The van der Waals surface area contributed by atoms with Gasteiger partial charge < -0.3 is 9.47 Å². The maximum atomic E-state index is 12.2. The normalized spacial score (nSPS) is 10.3. The van der Waals surface area contributed by atoms with Crippen LogP contribution < -0.4 is 9.47 Å². The largest absolute Gasteiger partial charge is 0.497 e. The van der Waals surface area contributed by atoms with Gasteiger partial charge in [-0.15, -0.1) is 0 Å². The molecule has 6 heteroatoms. The number of halogens is 3. The molecule has 0 saturated heterocycles. The van der Waals surface area contributed by atoms with Gasteiger partial charge in [0.2, 0.25) is 0 Å². The molecule has 3 nitrogen and oxygen atoms in total. The number of hydrogen-bond donors (Lipinski definition) is 0. The molecule has 0 radical (unpaired) electrons. The van der Waals surface area contributed by atoms with Crippen molar-refractivity contribution in [2.45, 2.75) is 0 Å². The average Bonchev–Trinajstić information content (AvgIpc) is 2.46. The van der Waals surface area contributed by atoms with Crippen LogP contribution in [0, 0.1) is 0 Å². The Morgan fingerprint density at radius 2 is 1.76 bits per heavy atom. The Morgan fingerprint density at radius 1 is 1.10 bits per heavy atom. The highest BCUT2D eigenvalue weighted by molar-refractivity contribution is 9.11. The van der Waals surface area contributed by atoms with Crippen LogP contribution in [0.1, 0.15) is 10.4 Å². The molecule has 0 aromatic heterocycles. The molecule has 0 amide bonds. The van der Waals surface area contributed by atoms with Crippen molar-refractivity contribution in [2.24, 2.45) is 0 Å². The van der Waals surface area contributed by atoms with Gasteiger partial charge in [0, 0.05) is 10.0 Å². The molecule has 0 unspecified atom stereocenters. The Kier molecular flexibility index (Phi) is 5.84. The molecular weight excluding hydrogens is 468 g/mol. The van der Waals surface area contributed by atoms with Gasteiger partial charge in [-0.05, 0) is 56.1 Å². The van der Waals surface area contributed by atoms with Crippen LogP contribution in [-0.2, 0) is 0 Å². The lowest BCUT2D eigenvalue weighted by Crippen LogP contribution is -2.12. The lowest BCUT2D eigenvalue weighted by atomic mass is 10.1. The summed E-state index contributed by atoms with van der Waals surface area (Å²) in [6.07, 6.45) is 0. The Morgan fingerprint density at radius 3 is 2.38 bits per heavy atom. The van der Waals surface area contributed by atoms with Gasteiger partial charge in [-0.1, -0.05) is 28.1 Å². The van der Waals surface area contributed by atoms with Crippen molar-refractivity contribution in [3.05, 3.63) is 55.4 Å². The van der Waals surface area contributed by atoms with Crippen LogP contribution in [0.2, 0.25) is 0 Å². The number of carbonyl (C=O) groups excluding carboxylic acids is 1. The SMILES string of the molecule is COc1cccc(C(=O)COc2c(Br)cc(Br)cc2Br)c1. The molecule has 0 aliphatic heterocycles. The molecule has 2 aromatic rings. The zero-order valence-corrected chi connectivity index (χ0v) is 15.8. The molecule has 0 saturated carbocycles. The number of ether oxygens (including phenoxy) is 2. The lowest BCUT2D eigenvalue weighted by molar-refractivity contribution is 0.0920. The summed E-state index contributed by atoms with van der Waals surface area (Å²) in [6, 6.07) is 10.7. The second kappa shape index (κ2) is 7.42. The number of ketones is 1. The Bertz CT molecular complexity index is 648. The van der Waals surface area contributed by atoms with Crippen molar-refractivity contribution < 1.29 is 14.3 Å². The molecule has 0 aliphatic rings. The average molecular weight is 479 g/mol. The molecule has 0 N–H and O–H groups in total. The molecule has 21 heavy (non-hydrogen) atoms. The van der Waals surface area contributed by atoms with E-state index in [1.165, 1.54) is 0 Å². The number of benzene rings is 2. The minimum Gasteiger partial charge on any atom is -0.497 e. The smallest absolute Gasteiger partial charge is 0.200 e. The van der Waals surface area contributed by atoms with Crippen molar-refractivity contribution in [3.8, 4) is 11.5 Å². The first-order chi connectivity index (χ1) is 10.0. The highest BCUT2D eigenvalue weighted by Gasteiger charge is 2.12. The maximum Gasteiger partial charge on any atom is 0.200 e. The van der Waals surface area contributed by atoms with E-state index in [1.807, 2.05) is 12.1 Å². The number of hydrogen-bond acceptors (Lipinski definition) is 3. The maximum absolute atomic E-state index is 12.2. The minimum absolute atomic E-state index is 0.0496. The molecule has 2 rings (SSSR count). The molecule has 110 valence electrons. The van der Waals surface area contributed by atoms with Crippen molar-refractivity contribution in [2.75, 3.05) is 13.7 Å². The summed E-state index contributed by atoms with van der Waals surface area (Å²) in [6.45, 7) is -0.0496. The van der Waals surface area contributed by atoms with Crippen LogP contribution >= 0.6 is 47.8 Å². The van der Waals surface area contributed by atoms with Gasteiger partial charge in [-0.2, -0.15) is 0 Å². The van der Waals surface area contributed by atoms with Crippen LogP contribution in [0.25, 0.3) is 0 Å². The third kappa shape index (κ3) is 4.31. The standard InChI is InChI=1S/C15H11Br3O3/c1-20-11-4-2-3-9(5-11)14(19)8-21-15-12(17)6-10(16)7-13(15)18/h2-7H,8H2,1H3. The summed E-state index contributed by atoms with van der Waals surface area (Å²) >= 11 is 10.2. The van der Waals surface area contributed by atoms with E-state index in [4.69, 9.17) is 9.47 Å². The van der Waals surface area contributed by atoms with E-state index in [0.29, 0.717) is 17.1 Å². The molecular formula is C15H11Br3O3. The van der Waals surface area contributed by atoms with E-state index in [-0.39, 0.29) is 12.4 Å². The summed E-state index contributed by atoms with van der Waals surface area (Å²) in [5.74, 6) is 1.12. The zero-order valence-electron chi connectivity index (χ0n) is 11.0. The van der Waals surface area contributed by atoms with Crippen LogP contribution in [0.15, 0.2) is 49.8 Å². The Labute approximate surface area is 148 Å². The van der Waals surface area contributed by atoms with Crippen LogP contribution in [0.3, 0.4) is 0 Å². The summed E-state index contributed by atoms with van der Waals surface area (Å²) in [7, 11) is 1.57. The van der Waals surface area contributed by atoms with Gasteiger partial charge in [-0.25, -0.2) is 0 Å². The lowest BCUT2D eigenvalue weighted by Gasteiger charge is -2.10. The van der Waals surface area contributed by atoms with Gasteiger partial charge in [0.1, 0.15) is 11.5 Å². The van der Waals surface area contributed by atoms with Gasteiger partial charge in [-0.3, -0.25) is 4.79 Å². The van der Waals surface area contributed by atoms with Gasteiger partial charge in [0.15, 0.2) is 12.4 Å². The van der Waals surface area contributed by atoms with E-state index in [0.717, 1.165) is 13.4 Å². The van der Waals surface area contributed by atoms with Crippen LogP contribution in [0.4, 0.5) is 0 Å². The topological polar surface area (TPSA) is 35.5 Å². The third-order valence-electron chi connectivity index (χ3n) is 2.70. The highest BCUT2D eigenvalue weighted by atomic mass is 79.9. The van der Waals surface area contributed by atoms with E-state index in [1.54, 1.807) is 31.4 Å². The second-order valence-corrected chi connectivity index (χ2v) is 6.77. The Hall–Kier alpha value is -0.850.